The van der Waals surface area contributed by atoms with Crippen molar-refractivity contribution in [1.29, 1.82) is 0 Å². The summed E-state index contributed by atoms with van der Waals surface area (Å²) in [6, 6.07) is 0. The summed E-state index contributed by atoms with van der Waals surface area (Å²) in [4.78, 5) is 0. The molecule has 25 atom stereocenters. The smallest absolute Gasteiger partial charge is 0.187 e. The Morgan fingerprint density at radius 2 is 0.625 bits per heavy atom. The molecule has 5 aliphatic heterocycles. The summed E-state index contributed by atoms with van der Waals surface area (Å²) in [7, 11) is 0. The number of aliphatic hydroxyl groups excluding tert-OH is 17. The average Bonchev–Trinajstić information content (AvgIpc) is 3.18. The van der Waals surface area contributed by atoms with Crippen LogP contribution < -0.4 is 0 Å². The van der Waals surface area contributed by atoms with Crippen LogP contribution in [0.3, 0.4) is 0 Å². The van der Waals surface area contributed by atoms with Crippen molar-refractivity contribution in [3.8, 4) is 0 Å². The van der Waals surface area contributed by atoms with Gasteiger partial charge < -0.3 is 129 Å². The molecule has 26 heteroatoms. The van der Waals surface area contributed by atoms with Gasteiger partial charge in [0, 0.05) is 0 Å². The van der Waals surface area contributed by atoms with Crippen LogP contribution in [0.4, 0.5) is 0 Å². The van der Waals surface area contributed by atoms with Crippen molar-refractivity contribution in [2.75, 3.05) is 33.0 Å². The maximum atomic E-state index is 10.8. The van der Waals surface area contributed by atoms with Crippen LogP contribution in [0.1, 0.15) is 0 Å². The molecule has 5 aliphatic rings. The van der Waals surface area contributed by atoms with E-state index in [2.05, 4.69) is 0 Å². The van der Waals surface area contributed by atoms with Crippen LogP contribution >= 0.6 is 0 Å². The Kier molecular flexibility index (Phi) is 16.1. The van der Waals surface area contributed by atoms with E-state index < -0.39 is 187 Å². The molecule has 328 valence electrons. The van der Waals surface area contributed by atoms with Crippen LogP contribution in [0.25, 0.3) is 0 Å². The molecule has 0 radical (unpaired) electrons. The Bertz CT molecular complexity index is 1210. The Hall–Kier alpha value is -1.04. The molecule has 0 amide bonds. The molecule has 5 fully saturated rings. The lowest BCUT2D eigenvalue weighted by Gasteiger charge is -2.46. The molecule has 0 bridgehead atoms. The maximum absolute atomic E-state index is 10.8. The highest BCUT2D eigenvalue weighted by molar-refractivity contribution is 4.96. The first kappa shape index (κ1) is 46.0. The highest BCUT2D eigenvalue weighted by atomic mass is 16.8. The molecule has 26 nitrogen and oxygen atoms in total. The minimum atomic E-state index is -1.99. The quantitative estimate of drug-likeness (QED) is 0.0819. The lowest BCUT2D eigenvalue weighted by Crippen LogP contribution is -2.65. The van der Waals surface area contributed by atoms with E-state index in [1.165, 1.54) is 0 Å². The van der Waals surface area contributed by atoms with Gasteiger partial charge in [-0.05, 0) is 0 Å². The van der Waals surface area contributed by atoms with Gasteiger partial charge in [-0.2, -0.15) is 0 Å². The van der Waals surface area contributed by atoms with Crippen LogP contribution in [-0.2, 0) is 42.6 Å². The molecule has 0 aromatic rings. The Morgan fingerprint density at radius 1 is 0.304 bits per heavy atom. The van der Waals surface area contributed by atoms with Gasteiger partial charge in [0.1, 0.15) is 122 Å². The Balaban J connectivity index is 1.21. The summed E-state index contributed by atoms with van der Waals surface area (Å²) in [5.74, 6) is 0. The van der Waals surface area contributed by atoms with Crippen molar-refractivity contribution in [1.82, 2.24) is 0 Å². The van der Waals surface area contributed by atoms with Crippen LogP contribution in [-0.4, -0.2) is 273 Å². The molecule has 5 heterocycles. The van der Waals surface area contributed by atoms with E-state index in [0.717, 1.165) is 0 Å². The monoisotopic (exact) mass is 828 g/mol. The van der Waals surface area contributed by atoms with Gasteiger partial charge in [-0.3, -0.25) is 0 Å². The van der Waals surface area contributed by atoms with Gasteiger partial charge in [-0.1, -0.05) is 0 Å². The molecule has 0 aliphatic carbocycles. The van der Waals surface area contributed by atoms with Gasteiger partial charge in [-0.25, -0.2) is 0 Å². The fourth-order valence-corrected chi connectivity index (χ4v) is 6.69. The summed E-state index contributed by atoms with van der Waals surface area (Å²) in [6.45, 7) is -3.88. The molecule has 17 N–H and O–H groups in total. The van der Waals surface area contributed by atoms with Gasteiger partial charge in [0.2, 0.25) is 0 Å². The number of hydrogen-bond acceptors (Lipinski definition) is 26. The van der Waals surface area contributed by atoms with Gasteiger partial charge in [-0.15, -0.1) is 0 Å². The molecule has 56 heavy (non-hydrogen) atoms. The lowest BCUT2D eigenvalue weighted by molar-refractivity contribution is -0.374. The van der Waals surface area contributed by atoms with E-state index in [9.17, 15) is 86.8 Å². The van der Waals surface area contributed by atoms with Crippen molar-refractivity contribution >= 4 is 0 Å². The maximum Gasteiger partial charge on any atom is 0.187 e. The minimum Gasteiger partial charge on any atom is -0.394 e. The third-order valence-corrected chi connectivity index (χ3v) is 10.3. The summed E-state index contributed by atoms with van der Waals surface area (Å²) in [5.41, 5.74) is 0. The van der Waals surface area contributed by atoms with E-state index in [4.69, 9.17) is 42.6 Å². The van der Waals surface area contributed by atoms with Crippen molar-refractivity contribution in [2.24, 2.45) is 0 Å². The van der Waals surface area contributed by atoms with Crippen molar-refractivity contribution < 1.29 is 129 Å². The number of hydrogen-bond donors (Lipinski definition) is 17. The molecule has 0 spiro atoms. The zero-order valence-corrected chi connectivity index (χ0v) is 29.2. The fourth-order valence-electron chi connectivity index (χ4n) is 6.69. The second-order valence-corrected chi connectivity index (χ2v) is 14.1. The molecule has 0 saturated carbocycles. The highest BCUT2D eigenvalue weighted by Crippen LogP contribution is 2.32. The second-order valence-electron chi connectivity index (χ2n) is 14.1. The standard InChI is InChI=1S/C30H52O26/c31-1-6-11(33)17(39)24(46)29(52-6)56-25-20(42)12(34)7(2-32)53-30(25)50-5-10-15(37)19(41)23(45)28(55-10)49-4-9-14(36)18(40)22(44)27(54-9)48-3-8-13(35)16(38)21(43)26(47)51-8/h6-47H,1-5H2/t6-,7-,8-,9-,10-,11-,12-,13-,14-,15-,16+,17+,18+,19+,20+,21-,22-,23-,24-,25-,26?,27+,28+,29-,30+/m1/s1. The van der Waals surface area contributed by atoms with Crippen LogP contribution in [0, 0.1) is 0 Å². The highest BCUT2D eigenvalue weighted by Gasteiger charge is 2.53. The molecule has 5 saturated heterocycles. The molecular weight excluding hydrogens is 776 g/mol. The van der Waals surface area contributed by atoms with Crippen molar-refractivity contribution in [2.45, 2.75) is 154 Å². The van der Waals surface area contributed by atoms with Gasteiger partial charge in [0.15, 0.2) is 31.5 Å². The van der Waals surface area contributed by atoms with E-state index in [1.807, 2.05) is 0 Å². The predicted molar refractivity (Wildman–Crippen MR) is 167 cm³/mol. The summed E-state index contributed by atoms with van der Waals surface area (Å²) in [5, 5.41) is 174. The van der Waals surface area contributed by atoms with Gasteiger partial charge in [0.05, 0.1) is 33.0 Å². The molecule has 0 aromatic carbocycles. The topological polar surface area (TPSA) is 427 Å². The summed E-state index contributed by atoms with van der Waals surface area (Å²) in [6.07, 6.45) is -44.8. The molecule has 0 aromatic heterocycles. The zero-order valence-electron chi connectivity index (χ0n) is 29.2. The second kappa shape index (κ2) is 19.6. The predicted octanol–water partition coefficient (Wildman–Crippen LogP) is -11.9. The first-order valence-electron chi connectivity index (χ1n) is 17.6. The SMILES string of the molecule is OC[C@H]1O[C@H](O[C@H]2[C@@H](OC[C@H]3O[C@H](OC[C@H]4O[C@H](OC[C@H]5OC(O)[C@H](O)[C@@H](O)[C@@H]5O)[C@H](O)[C@@H](O)[C@@H]4O)[C@H](O)[C@@H](O)[C@@H]3O)O[C@H](CO)[C@@H](O)[C@@H]2O)[C@H](O)[C@@H](O)[C@@H]1O. The van der Waals surface area contributed by atoms with E-state index in [-0.39, 0.29) is 0 Å². The zero-order chi connectivity index (χ0) is 41.3. The van der Waals surface area contributed by atoms with Crippen LogP contribution in [0.15, 0.2) is 0 Å². The molecule has 5 rings (SSSR count). The summed E-state index contributed by atoms with van der Waals surface area (Å²) >= 11 is 0. The number of aliphatic hydroxyl groups is 17. The largest absolute Gasteiger partial charge is 0.394 e. The Morgan fingerprint density at radius 3 is 1.07 bits per heavy atom. The van der Waals surface area contributed by atoms with Gasteiger partial charge >= 0.3 is 0 Å². The summed E-state index contributed by atoms with van der Waals surface area (Å²) < 4.78 is 49.0. The normalized spacial score (nSPS) is 53.2. The van der Waals surface area contributed by atoms with Gasteiger partial charge in [0.25, 0.3) is 0 Å². The Labute approximate surface area is 316 Å². The number of ether oxygens (including phenoxy) is 9. The lowest BCUT2D eigenvalue weighted by atomic mass is 9.97. The molecular formula is C30H52O26. The first-order chi connectivity index (χ1) is 26.4. The van der Waals surface area contributed by atoms with Crippen LogP contribution in [0.5, 0.6) is 0 Å². The first-order valence-corrected chi connectivity index (χ1v) is 17.6. The van der Waals surface area contributed by atoms with E-state index in [0.29, 0.717) is 0 Å². The number of rotatable bonds is 13. The van der Waals surface area contributed by atoms with Crippen molar-refractivity contribution in [3.05, 3.63) is 0 Å². The van der Waals surface area contributed by atoms with E-state index in [1.54, 1.807) is 0 Å². The van der Waals surface area contributed by atoms with Crippen LogP contribution in [0.2, 0.25) is 0 Å². The third kappa shape index (κ3) is 9.61. The van der Waals surface area contributed by atoms with Crippen molar-refractivity contribution in [3.63, 3.8) is 0 Å². The van der Waals surface area contributed by atoms with E-state index >= 15 is 0 Å². The minimum absolute atomic E-state index is 0.676. The molecule has 1 unspecified atom stereocenters. The average molecular weight is 829 g/mol. The fraction of sp³-hybridized carbons (Fsp3) is 1.00. The third-order valence-electron chi connectivity index (χ3n) is 10.3.